The van der Waals surface area contributed by atoms with Crippen molar-refractivity contribution in [2.75, 3.05) is 12.4 Å². The molecule has 0 amide bonds. The number of anilines is 1. The fraction of sp³-hybridized carbons (Fsp3) is 0.429. The Morgan fingerprint density at radius 3 is 2.37 bits per heavy atom. The van der Waals surface area contributed by atoms with Crippen LogP contribution in [0.2, 0.25) is 0 Å². The van der Waals surface area contributed by atoms with Crippen LogP contribution in [0.5, 0.6) is 0 Å². The number of nitrogens with zero attached hydrogens (tertiary/aromatic N) is 2. The van der Waals surface area contributed by atoms with Crippen molar-refractivity contribution in [1.29, 1.82) is 0 Å². The molecule has 0 fully saturated rings. The maximum absolute atomic E-state index is 4.79. The summed E-state index contributed by atoms with van der Waals surface area (Å²) in [6.07, 6.45) is 0. The van der Waals surface area contributed by atoms with Crippen molar-refractivity contribution < 1.29 is 0 Å². The van der Waals surface area contributed by atoms with Gasteiger partial charge >= 0.3 is 0 Å². The first-order valence-electron chi connectivity index (χ1n) is 6.15. The molecule has 0 spiro atoms. The van der Waals surface area contributed by atoms with Gasteiger partial charge in [-0.2, -0.15) is 0 Å². The standard InChI is InChI=1S/C14H18IN3S/c1-8-6-7-9(19-8)12-17-11(14(2,3)4)10(15)13(16-5)18-12/h6-7H,1-5H3,(H,16,17,18). The van der Waals surface area contributed by atoms with E-state index in [-0.39, 0.29) is 5.41 Å². The third-order valence-corrected chi connectivity index (χ3v) is 4.78. The first kappa shape index (κ1) is 14.7. The highest BCUT2D eigenvalue weighted by molar-refractivity contribution is 14.1. The van der Waals surface area contributed by atoms with Gasteiger partial charge in [0.15, 0.2) is 5.82 Å². The first-order valence-corrected chi connectivity index (χ1v) is 8.05. The Morgan fingerprint density at radius 1 is 1.21 bits per heavy atom. The number of hydrogen-bond donors (Lipinski definition) is 1. The van der Waals surface area contributed by atoms with E-state index < -0.39 is 0 Å². The van der Waals surface area contributed by atoms with Crippen molar-refractivity contribution in [2.45, 2.75) is 33.1 Å². The Kier molecular flexibility index (Phi) is 4.15. The lowest BCUT2D eigenvalue weighted by molar-refractivity contribution is 0.564. The fourth-order valence-electron chi connectivity index (χ4n) is 1.77. The Labute approximate surface area is 132 Å². The van der Waals surface area contributed by atoms with E-state index in [4.69, 9.17) is 4.98 Å². The molecule has 0 saturated heterocycles. The lowest BCUT2D eigenvalue weighted by Crippen LogP contribution is -2.18. The SMILES string of the molecule is CNc1nc(-c2ccc(C)s2)nc(C(C)(C)C)c1I. The van der Waals surface area contributed by atoms with Gasteiger partial charge in [0, 0.05) is 17.3 Å². The van der Waals surface area contributed by atoms with E-state index in [0.717, 1.165) is 25.8 Å². The highest BCUT2D eigenvalue weighted by Gasteiger charge is 2.23. The molecule has 19 heavy (non-hydrogen) atoms. The third-order valence-electron chi connectivity index (χ3n) is 2.76. The van der Waals surface area contributed by atoms with E-state index in [9.17, 15) is 0 Å². The second-order valence-corrected chi connectivity index (χ2v) is 7.84. The van der Waals surface area contributed by atoms with Crippen LogP contribution in [-0.4, -0.2) is 17.0 Å². The molecule has 2 aromatic rings. The van der Waals surface area contributed by atoms with Crippen LogP contribution in [0, 0.1) is 10.5 Å². The minimum absolute atomic E-state index is 0.00607. The van der Waals surface area contributed by atoms with Crippen molar-refractivity contribution in [1.82, 2.24) is 9.97 Å². The van der Waals surface area contributed by atoms with Crippen molar-refractivity contribution in [2.24, 2.45) is 0 Å². The minimum atomic E-state index is 0.00607. The fourth-order valence-corrected chi connectivity index (χ4v) is 3.90. The van der Waals surface area contributed by atoms with E-state index in [0.29, 0.717) is 0 Å². The molecule has 0 aliphatic rings. The summed E-state index contributed by atoms with van der Waals surface area (Å²) in [5.74, 6) is 1.72. The van der Waals surface area contributed by atoms with Gasteiger partial charge in [-0.3, -0.25) is 0 Å². The molecule has 2 aromatic heterocycles. The van der Waals surface area contributed by atoms with Gasteiger partial charge in [-0.15, -0.1) is 11.3 Å². The van der Waals surface area contributed by atoms with Gasteiger partial charge < -0.3 is 5.32 Å². The van der Waals surface area contributed by atoms with E-state index in [2.05, 4.69) is 72.7 Å². The Balaban J connectivity index is 2.64. The summed E-state index contributed by atoms with van der Waals surface area (Å²) in [5, 5.41) is 3.17. The summed E-state index contributed by atoms with van der Waals surface area (Å²) in [6.45, 7) is 8.64. The average molecular weight is 387 g/mol. The van der Waals surface area contributed by atoms with Gasteiger partial charge in [-0.1, -0.05) is 20.8 Å². The molecule has 1 N–H and O–H groups in total. The quantitative estimate of drug-likeness (QED) is 0.774. The van der Waals surface area contributed by atoms with Gasteiger partial charge in [0.05, 0.1) is 14.1 Å². The molecule has 0 unspecified atom stereocenters. The molecule has 0 atom stereocenters. The molecule has 2 rings (SSSR count). The van der Waals surface area contributed by atoms with Crippen molar-refractivity contribution in [3.63, 3.8) is 0 Å². The molecule has 5 heteroatoms. The summed E-state index contributed by atoms with van der Waals surface area (Å²) in [4.78, 5) is 11.8. The minimum Gasteiger partial charge on any atom is -0.372 e. The van der Waals surface area contributed by atoms with Gasteiger partial charge in [0.2, 0.25) is 0 Å². The third kappa shape index (κ3) is 3.08. The summed E-state index contributed by atoms with van der Waals surface area (Å²) >= 11 is 4.05. The Hall–Kier alpha value is -0.690. The maximum Gasteiger partial charge on any atom is 0.171 e. The molecule has 0 bridgehead atoms. The van der Waals surface area contributed by atoms with Crippen LogP contribution in [0.15, 0.2) is 12.1 Å². The van der Waals surface area contributed by atoms with Gasteiger partial charge in [0.25, 0.3) is 0 Å². The molecular weight excluding hydrogens is 369 g/mol. The van der Waals surface area contributed by atoms with E-state index in [1.165, 1.54) is 4.88 Å². The number of rotatable bonds is 2. The predicted molar refractivity (Wildman–Crippen MR) is 91.0 cm³/mol. The Bertz CT molecular complexity index is 599. The van der Waals surface area contributed by atoms with Crippen LogP contribution in [0.25, 0.3) is 10.7 Å². The van der Waals surface area contributed by atoms with Crippen molar-refractivity contribution in [3.05, 3.63) is 26.3 Å². The molecule has 3 nitrogen and oxygen atoms in total. The largest absolute Gasteiger partial charge is 0.372 e. The smallest absolute Gasteiger partial charge is 0.171 e. The average Bonchev–Trinajstić information content (AvgIpc) is 2.74. The lowest BCUT2D eigenvalue weighted by atomic mass is 9.92. The summed E-state index contributed by atoms with van der Waals surface area (Å²) in [7, 11) is 1.90. The van der Waals surface area contributed by atoms with Crippen LogP contribution >= 0.6 is 33.9 Å². The second-order valence-electron chi connectivity index (χ2n) is 5.47. The zero-order valence-electron chi connectivity index (χ0n) is 11.8. The van der Waals surface area contributed by atoms with Crippen molar-refractivity contribution >= 4 is 39.7 Å². The molecule has 0 aliphatic heterocycles. The molecule has 0 aromatic carbocycles. The maximum atomic E-state index is 4.79. The normalized spacial score (nSPS) is 11.7. The van der Waals surface area contributed by atoms with Gasteiger partial charge in [-0.25, -0.2) is 9.97 Å². The highest BCUT2D eigenvalue weighted by Crippen LogP contribution is 2.33. The summed E-state index contributed by atoms with van der Waals surface area (Å²) < 4.78 is 1.10. The monoisotopic (exact) mass is 387 g/mol. The van der Waals surface area contributed by atoms with Crippen LogP contribution in [-0.2, 0) is 5.41 Å². The summed E-state index contributed by atoms with van der Waals surface area (Å²) in [5.41, 5.74) is 1.10. The van der Waals surface area contributed by atoms with E-state index in [1.54, 1.807) is 11.3 Å². The lowest BCUT2D eigenvalue weighted by Gasteiger charge is -2.21. The summed E-state index contributed by atoms with van der Waals surface area (Å²) in [6, 6.07) is 4.20. The topological polar surface area (TPSA) is 37.8 Å². The number of nitrogens with one attached hydrogen (secondary N) is 1. The first-order chi connectivity index (χ1) is 8.82. The number of halogens is 1. The van der Waals surface area contributed by atoms with Crippen LogP contribution in [0.1, 0.15) is 31.3 Å². The van der Waals surface area contributed by atoms with Crippen LogP contribution in [0.3, 0.4) is 0 Å². The number of aryl methyl sites for hydroxylation is 1. The van der Waals surface area contributed by atoms with Gasteiger partial charge in [-0.05, 0) is 41.6 Å². The second kappa shape index (κ2) is 5.36. The predicted octanol–water partition coefficient (Wildman–Crippen LogP) is 4.46. The number of thiophene rings is 1. The van der Waals surface area contributed by atoms with Crippen LogP contribution < -0.4 is 5.32 Å². The molecule has 0 aliphatic carbocycles. The molecule has 102 valence electrons. The number of hydrogen-bond acceptors (Lipinski definition) is 4. The molecule has 0 radical (unpaired) electrons. The van der Waals surface area contributed by atoms with Gasteiger partial charge in [0.1, 0.15) is 5.82 Å². The highest BCUT2D eigenvalue weighted by atomic mass is 127. The van der Waals surface area contributed by atoms with Crippen molar-refractivity contribution in [3.8, 4) is 10.7 Å². The zero-order chi connectivity index (χ0) is 14.2. The van der Waals surface area contributed by atoms with E-state index >= 15 is 0 Å². The van der Waals surface area contributed by atoms with E-state index in [1.807, 2.05) is 7.05 Å². The Morgan fingerprint density at radius 2 is 1.89 bits per heavy atom. The number of aromatic nitrogens is 2. The molecular formula is C14H18IN3S. The molecule has 2 heterocycles. The van der Waals surface area contributed by atoms with Crippen LogP contribution in [0.4, 0.5) is 5.82 Å². The zero-order valence-corrected chi connectivity index (χ0v) is 14.8. The molecule has 0 saturated carbocycles.